The lowest BCUT2D eigenvalue weighted by Gasteiger charge is -2.24. The highest BCUT2D eigenvalue weighted by Crippen LogP contribution is 2.22. The monoisotopic (exact) mass is 765 g/mol. The van der Waals surface area contributed by atoms with Crippen molar-refractivity contribution in [1.29, 1.82) is 0 Å². The lowest BCUT2D eigenvalue weighted by Crippen LogP contribution is -2.33. The van der Waals surface area contributed by atoms with Crippen molar-refractivity contribution in [2.75, 3.05) is 53.5 Å². The van der Waals surface area contributed by atoms with Gasteiger partial charge in [-0.1, -0.05) is 182 Å². The Balaban J connectivity index is 3.91. The molecule has 0 aromatic rings. The predicted octanol–water partition coefficient (Wildman–Crippen LogP) is 13.7. The highest BCUT2D eigenvalue weighted by molar-refractivity contribution is 5.69. The molecule has 2 atom stereocenters. The molecule has 0 heterocycles. The fourth-order valence-corrected chi connectivity index (χ4v) is 7.69. The van der Waals surface area contributed by atoms with Crippen molar-refractivity contribution >= 4 is 11.9 Å². The average Bonchev–Trinajstić information content (AvgIpc) is 3.15. The number of nitrogens with zero attached hydrogens (tertiary/aromatic N) is 2. The smallest absolute Gasteiger partial charge is 0.305 e. The van der Waals surface area contributed by atoms with E-state index >= 15 is 0 Å². The van der Waals surface area contributed by atoms with Crippen LogP contribution >= 0.6 is 0 Å². The molecule has 0 rings (SSSR count). The first-order valence-electron chi connectivity index (χ1n) is 24.0. The van der Waals surface area contributed by atoms with Crippen molar-refractivity contribution in [1.82, 2.24) is 9.80 Å². The summed E-state index contributed by atoms with van der Waals surface area (Å²) in [7, 11) is 4.35. The van der Waals surface area contributed by atoms with E-state index in [4.69, 9.17) is 9.47 Å². The minimum absolute atomic E-state index is 0.0130. The number of unbranched alkanes of at least 4 members (excludes halogenated alkanes) is 18. The second-order valence-electron chi connectivity index (χ2n) is 17.1. The number of ether oxygens (including phenoxy) is 2. The molecular formula is C48H96N2O4. The number of likely N-dealkylation sites (N-methyl/N-ethyl adjacent to an activating group) is 1. The van der Waals surface area contributed by atoms with Crippen molar-refractivity contribution in [3.05, 3.63) is 0 Å². The maximum Gasteiger partial charge on any atom is 0.305 e. The van der Waals surface area contributed by atoms with E-state index in [0.29, 0.717) is 26.1 Å². The van der Waals surface area contributed by atoms with Crippen LogP contribution in [0.2, 0.25) is 0 Å². The molecule has 0 aromatic carbocycles. The van der Waals surface area contributed by atoms with E-state index in [-0.39, 0.29) is 11.9 Å². The van der Waals surface area contributed by atoms with Crippen LogP contribution in [0.4, 0.5) is 0 Å². The van der Waals surface area contributed by atoms with E-state index in [1.165, 1.54) is 167 Å². The van der Waals surface area contributed by atoms with Crippen LogP contribution < -0.4 is 0 Å². The Kier molecular flexibility index (Phi) is 40.6. The molecule has 0 aliphatic carbocycles. The Morgan fingerprint density at radius 2 is 0.741 bits per heavy atom. The van der Waals surface area contributed by atoms with Gasteiger partial charge in [0.05, 0.1) is 13.2 Å². The summed E-state index contributed by atoms with van der Waals surface area (Å²) in [5.41, 5.74) is 0. The third-order valence-corrected chi connectivity index (χ3v) is 11.5. The molecule has 0 saturated heterocycles. The summed E-state index contributed by atoms with van der Waals surface area (Å²) >= 11 is 0. The number of carbonyl (C=O) groups excluding carboxylic acids is 2. The van der Waals surface area contributed by atoms with Gasteiger partial charge in [0.25, 0.3) is 0 Å². The van der Waals surface area contributed by atoms with Gasteiger partial charge in [0.15, 0.2) is 0 Å². The summed E-state index contributed by atoms with van der Waals surface area (Å²) in [5.74, 6) is 1.48. The standard InChI is InChI=1S/C48H96N2O4/c1-7-11-25-33-45(31-13-9-3)37-43-53-47(51)35-27-21-17-15-19-23-29-39-50(42-41-49(5)6)40-30-24-20-16-18-22-28-36-48(52)54-44-38-46(32-14-10-4)34-26-12-8-2/h45-46H,7-44H2,1-6H3. The molecule has 0 N–H and O–H groups in total. The highest BCUT2D eigenvalue weighted by atomic mass is 16.5. The molecule has 0 bridgehead atoms. The molecule has 0 amide bonds. The normalized spacial score (nSPS) is 12.8. The second-order valence-corrected chi connectivity index (χ2v) is 17.1. The zero-order valence-corrected chi connectivity index (χ0v) is 37.6. The molecule has 2 unspecified atom stereocenters. The van der Waals surface area contributed by atoms with E-state index in [9.17, 15) is 9.59 Å². The van der Waals surface area contributed by atoms with Crippen molar-refractivity contribution in [2.24, 2.45) is 11.8 Å². The molecule has 6 nitrogen and oxygen atoms in total. The molecule has 54 heavy (non-hydrogen) atoms. The number of hydrogen-bond acceptors (Lipinski definition) is 6. The summed E-state index contributed by atoms with van der Waals surface area (Å²) in [6.45, 7) is 15.0. The second kappa shape index (κ2) is 41.5. The first-order valence-corrected chi connectivity index (χ1v) is 24.0. The van der Waals surface area contributed by atoms with Crippen molar-refractivity contribution < 1.29 is 19.1 Å². The van der Waals surface area contributed by atoms with Crippen LogP contribution in [-0.4, -0.2) is 75.2 Å². The van der Waals surface area contributed by atoms with Crippen LogP contribution in [0.1, 0.15) is 233 Å². The minimum Gasteiger partial charge on any atom is -0.466 e. The van der Waals surface area contributed by atoms with Crippen LogP contribution in [0, 0.1) is 11.8 Å². The van der Waals surface area contributed by atoms with Gasteiger partial charge in [-0.05, 0) is 77.5 Å². The van der Waals surface area contributed by atoms with Crippen LogP contribution in [-0.2, 0) is 19.1 Å². The fourth-order valence-electron chi connectivity index (χ4n) is 7.69. The molecule has 0 aliphatic heterocycles. The third-order valence-electron chi connectivity index (χ3n) is 11.5. The van der Waals surface area contributed by atoms with Gasteiger partial charge in [-0.3, -0.25) is 9.59 Å². The average molecular weight is 765 g/mol. The molecule has 0 aliphatic rings. The highest BCUT2D eigenvalue weighted by Gasteiger charge is 2.12. The summed E-state index contributed by atoms with van der Waals surface area (Å²) in [6.07, 6.45) is 38.4. The molecule has 0 aromatic heterocycles. The Bertz CT molecular complexity index is 733. The van der Waals surface area contributed by atoms with Crippen LogP contribution in [0.15, 0.2) is 0 Å². The molecule has 0 spiro atoms. The lowest BCUT2D eigenvalue weighted by molar-refractivity contribution is -0.145. The Morgan fingerprint density at radius 3 is 1.11 bits per heavy atom. The van der Waals surface area contributed by atoms with Gasteiger partial charge in [0.1, 0.15) is 0 Å². The minimum atomic E-state index is 0.0130. The quantitative estimate of drug-likeness (QED) is 0.0455. The van der Waals surface area contributed by atoms with Crippen molar-refractivity contribution in [3.63, 3.8) is 0 Å². The molecular weight excluding hydrogens is 669 g/mol. The first-order chi connectivity index (χ1) is 26.4. The summed E-state index contributed by atoms with van der Waals surface area (Å²) < 4.78 is 11.2. The van der Waals surface area contributed by atoms with Crippen LogP contribution in [0.25, 0.3) is 0 Å². The Hall–Kier alpha value is -1.14. The zero-order chi connectivity index (χ0) is 39.7. The predicted molar refractivity (Wildman–Crippen MR) is 234 cm³/mol. The third kappa shape index (κ3) is 37.8. The topological polar surface area (TPSA) is 59.1 Å². The van der Waals surface area contributed by atoms with Crippen molar-refractivity contribution in [3.8, 4) is 0 Å². The molecule has 0 fully saturated rings. The summed E-state index contributed by atoms with van der Waals surface area (Å²) in [6, 6.07) is 0. The van der Waals surface area contributed by atoms with Crippen LogP contribution in [0.5, 0.6) is 0 Å². The van der Waals surface area contributed by atoms with E-state index in [1.54, 1.807) is 0 Å². The van der Waals surface area contributed by atoms with E-state index < -0.39 is 0 Å². The lowest BCUT2D eigenvalue weighted by atomic mass is 9.93. The van der Waals surface area contributed by atoms with E-state index in [2.05, 4.69) is 51.6 Å². The Morgan fingerprint density at radius 1 is 0.389 bits per heavy atom. The SMILES string of the molecule is CCCCCC(CCCC)CCOC(=O)CCCCCCCCCN(CCCCCCCCCC(=O)OCCC(CCCC)CCCCC)CCN(C)C. The van der Waals surface area contributed by atoms with Gasteiger partial charge >= 0.3 is 11.9 Å². The maximum absolute atomic E-state index is 12.3. The van der Waals surface area contributed by atoms with E-state index in [0.717, 1.165) is 63.5 Å². The first kappa shape index (κ1) is 52.9. The van der Waals surface area contributed by atoms with Gasteiger partial charge in [-0.25, -0.2) is 0 Å². The van der Waals surface area contributed by atoms with Gasteiger partial charge in [0, 0.05) is 25.9 Å². The van der Waals surface area contributed by atoms with Gasteiger partial charge in [0.2, 0.25) is 0 Å². The van der Waals surface area contributed by atoms with E-state index in [1.807, 2.05) is 0 Å². The summed E-state index contributed by atoms with van der Waals surface area (Å²) in [5, 5.41) is 0. The number of rotatable bonds is 43. The largest absolute Gasteiger partial charge is 0.466 e. The van der Waals surface area contributed by atoms with Crippen LogP contribution in [0.3, 0.4) is 0 Å². The molecule has 0 radical (unpaired) electrons. The molecule has 322 valence electrons. The number of hydrogen-bond donors (Lipinski definition) is 0. The molecule has 6 heteroatoms. The fraction of sp³-hybridized carbons (Fsp3) is 0.958. The maximum atomic E-state index is 12.3. The van der Waals surface area contributed by atoms with Gasteiger partial charge in [-0.2, -0.15) is 0 Å². The van der Waals surface area contributed by atoms with Gasteiger partial charge in [-0.15, -0.1) is 0 Å². The number of esters is 2. The Labute approximate surface area is 338 Å². The van der Waals surface area contributed by atoms with Crippen molar-refractivity contribution in [2.45, 2.75) is 233 Å². The zero-order valence-electron chi connectivity index (χ0n) is 37.6. The number of carbonyl (C=O) groups is 2. The molecule has 0 saturated carbocycles. The summed E-state index contributed by atoms with van der Waals surface area (Å²) in [4.78, 5) is 29.5. The van der Waals surface area contributed by atoms with Gasteiger partial charge < -0.3 is 19.3 Å².